The van der Waals surface area contributed by atoms with Gasteiger partial charge in [0.05, 0.1) is 18.8 Å². The molecule has 168 valence electrons. The van der Waals surface area contributed by atoms with Crippen LogP contribution in [0.3, 0.4) is 0 Å². The van der Waals surface area contributed by atoms with Gasteiger partial charge in [-0.2, -0.15) is 22.5 Å². The summed E-state index contributed by atoms with van der Waals surface area (Å²) in [6, 6.07) is 8.77. The molecule has 2 aliphatic rings. The number of benzene rings is 1. The van der Waals surface area contributed by atoms with Gasteiger partial charge in [0.25, 0.3) is 10.2 Å². The summed E-state index contributed by atoms with van der Waals surface area (Å²) >= 11 is 0. The molecule has 9 heteroatoms. The Morgan fingerprint density at radius 2 is 2.00 bits per heavy atom. The van der Waals surface area contributed by atoms with E-state index >= 15 is 0 Å². The van der Waals surface area contributed by atoms with Crippen LogP contribution < -0.4 is 4.72 Å². The highest BCUT2D eigenvalue weighted by molar-refractivity contribution is 7.87. The van der Waals surface area contributed by atoms with E-state index in [0.717, 1.165) is 30.5 Å². The van der Waals surface area contributed by atoms with Crippen molar-refractivity contribution in [1.82, 2.24) is 18.8 Å². The number of esters is 1. The van der Waals surface area contributed by atoms with Crippen molar-refractivity contribution >= 4 is 16.2 Å². The number of carbonyl (C=O) groups is 1. The van der Waals surface area contributed by atoms with E-state index in [0.29, 0.717) is 30.3 Å². The Kier molecular flexibility index (Phi) is 6.18. The van der Waals surface area contributed by atoms with E-state index in [1.165, 1.54) is 4.31 Å². The maximum absolute atomic E-state index is 13.2. The minimum atomic E-state index is -3.84. The third-order valence-corrected chi connectivity index (χ3v) is 7.96. The molecule has 8 nitrogen and oxygen atoms in total. The second-order valence-corrected chi connectivity index (χ2v) is 10.1. The summed E-state index contributed by atoms with van der Waals surface area (Å²) in [6.45, 7) is 6.58. The summed E-state index contributed by atoms with van der Waals surface area (Å²) in [6.07, 6.45) is 2.85. The lowest BCUT2D eigenvalue weighted by molar-refractivity contribution is -0.145. The molecule has 3 unspecified atom stereocenters. The fraction of sp³-hybridized carbons (Fsp3) is 0.545. The molecular formula is C22H30N4O4S. The molecule has 1 saturated heterocycles. The molecule has 4 rings (SSSR count). The first kappa shape index (κ1) is 22.0. The zero-order valence-corrected chi connectivity index (χ0v) is 19.1. The van der Waals surface area contributed by atoms with Gasteiger partial charge in [-0.25, -0.2) is 4.79 Å². The second kappa shape index (κ2) is 8.72. The van der Waals surface area contributed by atoms with E-state index < -0.39 is 22.2 Å². The SMILES string of the molecule is CCOC(=O)C(NS(=O)(=O)N1CC2CCC1C2)c1c(C)nn(Cc2ccccc2)c1C. The van der Waals surface area contributed by atoms with Crippen molar-refractivity contribution in [2.45, 2.75) is 58.7 Å². The molecular weight excluding hydrogens is 416 g/mol. The Morgan fingerprint density at radius 1 is 1.26 bits per heavy atom. The molecule has 1 aromatic carbocycles. The molecule has 1 N–H and O–H groups in total. The van der Waals surface area contributed by atoms with Crippen molar-refractivity contribution < 1.29 is 17.9 Å². The zero-order chi connectivity index (χ0) is 22.2. The van der Waals surface area contributed by atoms with Gasteiger partial charge in [-0.15, -0.1) is 0 Å². The summed E-state index contributed by atoms with van der Waals surface area (Å²) < 4.78 is 37.7. The molecule has 1 aliphatic heterocycles. The van der Waals surface area contributed by atoms with Gasteiger partial charge in [0.1, 0.15) is 6.04 Å². The Morgan fingerprint density at radius 3 is 2.61 bits per heavy atom. The molecule has 3 atom stereocenters. The molecule has 2 aromatic rings. The minimum absolute atomic E-state index is 0.0216. The summed E-state index contributed by atoms with van der Waals surface area (Å²) in [5, 5.41) is 4.60. The molecule has 2 bridgehead atoms. The van der Waals surface area contributed by atoms with Gasteiger partial charge < -0.3 is 4.74 Å². The van der Waals surface area contributed by atoms with E-state index in [1.807, 2.05) is 37.3 Å². The van der Waals surface area contributed by atoms with Crippen LogP contribution in [0, 0.1) is 19.8 Å². The van der Waals surface area contributed by atoms with E-state index in [4.69, 9.17) is 4.74 Å². The van der Waals surface area contributed by atoms with Crippen LogP contribution in [-0.4, -0.2) is 47.7 Å². The summed E-state index contributed by atoms with van der Waals surface area (Å²) in [4.78, 5) is 12.9. The predicted molar refractivity (Wildman–Crippen MR) is 117 cm³/mol. The molecule has 1 aromatic heterocycles. The number of piperidine rings is 1. The maximum Gasteiger partial charge on any atom is 0.328 e. The highest BCUT2D eigenvalue weighted by Gasteiger charge is 2.45. The molecule has 1 saturated carbocycles. The van der Waals surface area contributed by atoms with Crippen LogP contribution in [0.25, 0.3) is 0 Å². The number of rotatable bonds is 8. The quantitative estimate of drug-likeness (QED) is 0.629. The van der Waals surface area contributed by atoms with Crippen molar-refractivity contribution in [3.8, 4) is 0 Å². The van der Waals surface area contributed by atoms with Gasteiger partial charge in [-0.3, -0.25) is 4.68 Å². The van der Waals surface area contributed by atoms with Crippen molar-refractivity contribution in [2.75, 3.05) is 13.2 Å². The highest BCUT2D eigenvalue weighted by Crippen LogP contribution is 2.39. The molecule has 2 fully saturated rings. The Labute approximate surface area is 183 Å². The number of nitrogens with one attached hydrogen (secondary N) is 1. The van der Waals surface area contributed by atoms with Gasteiger partial charge >= 0.3 is 5.97 Å². The molecule has 1 aliphatic carbocycles. The van der Waals surface area contributed by atoms with Crippen LogP contribution in [0.2, 0.25) is 0 Å². The molecule has 2 heterocycles. The lowest BCUT2D eigenvalue weighted by Crippen LogP contribution is -2.47. The third-order valence-electron chi connectivity index (χ3n) is 6.36. The number of carbonyl (C=O) groups excluding carboxylic acids is 1. The van der Waals surface area contributed by atoms with Crippen LogP contribution in [-0.2, 0) is 26.3 Å². The first-order valence-electron chi connectivity index (χ1n) is 10.8. The third kappa shape index (κ3) is 4.40. The van der Waals surface area contributed by atoms with Gasteiger partial charge in [0.15, 0.2) is 0 Å². The van der Waals surface area contributed by atoms with Crippen LogP contribution in [0.4, 0.5) is 0 Å². The number of nitrogens with zero attached hydrogens (tertiary/aromatic N) is 3. The van der Waals surface area contributed by atoms with Crippen molar-refractivity contribution in [3.63, 3.8) is 0 Å². The Bertz CT molecular complexity index is 1050. The van der Waals surface area contributed by atoms with E-state index in [-0.39, 0.29) is 12.6 Å². The van der Waals surface area contributed by atoms with Crippen LogP contribution in [0.15, 0.2) is 30.3 Å². The van der Waals surface area contributed by atoms with Gasteiger partial charge in [-0.05, 0) is 51.5 Å². The predicted octanol–water partition coefficient (Wildman–Crippen LogP) is 2.47. The van der Waals surface area contributed by atoms with Crippen LogP contribution in [0.5, 0.6) is 0 Å². The van der Waals surface area contributed by atoms with E-state index in [1.54, 1.807) is 18.5 Å². The van der Waals surface area contributed by atoms with Crippen molar-refractivity contribution in [2.24, 2.45) is 5.92 Å². The smallest absolute Gasteiger partial charge is 0.328 e. The molecule has 0 radical (unpaired) electrons. The van der Waals surface area contributed by atoms with Gasteiger partial charge in [0, 0.05) is 23.8 Å². The van der Waals surface area contributed by atoms with E-state index in [9.17, 15) is 13.2 Å². The number of ether oxygens (including phenoxy) is 1. The number of hydrogen-bond donors (Lipinski definition) is 1. The number of hydrogen-bond acceptors (Lipinski definition) is 5. The highest BCUT2D eigenvalue weighted by atomic mass is 32.2. The largest absolute Gasteiger partial charge is 0.465 e. The normalized spacial score (nSPS) is 22.0. The number of aromatic nitrogens is 2. The van der Waals surface area contributed by atoms with Gasteiger partial charge in [-0.1, -0.05) is 30.3 Å². The number of aryl methyl sites for hydroxylation is 1. The molecule has 0 amide bonds. The molecule has 31 heavy (non-hydrogen) atoms. The summed E-state index contributed by atoms with van der Waals surface area (Å²) in [5.74, 6) is -0.194. The average molecular weight is 447 g/mol. The molecule has 0 spiro atoms. The summed E-state index contributed by atoms with van der Waals surface area (Å²) in [7, 11) is -3.84. The topological polar surface area (TPSA) is 93.5 Å². The first-order chi connectivity index (χ1) is 14.8. The summed E-state index contributed by atoms with van der Waals surface area (Å²) in [5.41, 5.74) is 2.98. The average Bonchev–Trinajstić information content (AvgIpc) is 3.43. The van der Waals surface area contributed by atoms with Gasteiger partial charge in [0.2, 0.25) is 0 Å². The first-order valence-corrected chi connectivity index (χ1v) is 12.3. The van der Waals surface area contributed by atoms with Crippen LogP contribution >= 0.6 is 0 Å². The number of fused-ring (bicyclic) bond motifs is 2. The standard InChI is InChI=1S/C22H30N4O4S/c1-4-30-22(27)21(24-31(28,29)26-14-18-10-11-19(26)12-18)20-15(2)23-25(16(20)3)13-17-8-6-5-7-9-17/h5-9,18-19,21,24H,4,10-14H2,1-3H3. The van der Waals surface area contributed by atoms with Crippen LogP contribution in [0.1, 0.15) is 54.7 Å². The maximum atomic E-state index is 13.2. The Balaban J connectivity index is 1.64. The van der Waals surface area contributed by atoms with Crippen molar-refractivity contribution in [3.05, 3.63) is 52.8 Å². The van der Waals surface area contributed by atoms with E-state index in [2.05, 4.69) is 9.82 Å². The monoisotopic (exact) mass is 446 g/mol. The minimum Gasteiger partial charge on any atom is -0.465 e. The second-order valence-electron chi connectivity index (χ2n) is 8.44. The lowest BCUT2D eigenvalue weighted by atomic mass is 10.1. The lowest BCUT2D eigenvalue weighted by Gasteiger charge is -2.28. The van der Waals surface area contributed by atoms with Crippen molar-refractivity contribution in [1.29, 1.82) is 0 Å². The fourth-order valence-electron chi connectivity index (χ4n) is 4.88. The Hall–Kier alpha value is -2.23. The zero-order valence-electron chi connectivity index (χ0n) is 18.2. The fourth-order valence-corrected chi connectivity index (χ4v) is 6.52.